The minimum atomic E-state index is 0.0881. The summed E-state index contributed by atoms with van der Waals surface area (Å²) in [7, 11) is 0. The van der Waals surface area contributed by atoms with Crippen molar-refractivity contribution in [2.45, 2.75) is 57.4 Å². The van der Waals surface area contributed by atoms with Crippen molar-refractivity contribution in [1.82, 2.24) is 0 Å². The van der Waals surface area contributed by atoms with Crippen LogP contribution in [0.1, 0.15) is 50.7 Å². The van der Waals surface area contributed by atoms with Crippen LogP contribution in [-0.4, -0.2) is 12.3 Å². The maximum Gasteiger partial charge on any atom is 0.252 e. The first-order chi connectivity index (χ1) is 17.5. The Hall–Kier alpha value is -3.46. The Labute approximate surface area is 214 Å². The molecule has 0 N–H and O–H groups in total. The van der Waals surface area contributed by atoms with Crippen molar-refractivity contribution < 1.29 is 0 Å². The van der Waals surface area contributed by atoms with E-state index in [-0.39, 0.29) is 17.7 Å². The summed E-state index contributed by atoms with van der Waals surface area (Å²) >= 11 is 0. The zero-order valence-electron chi connectivity index (χ0n) is 21.4. The van der Waals surface area contributed by atoms with Gasteiger partial charge in [-0.05, 0) is 84.5 Å². The second-order valence-corrected chi connectivity index (χ2v) is 11.8. The van der Waals surface area contributed by atoms with E-state index >= 15 is 0 Å². The minimum Gasteiger partial charge on any atom is -0.335 e. The Morgan fingerprint density at radius 1 is 0.722 bits per heavy atom. The summed E-state index contributed by atoms with van der Waals surface area (Å²) < 4.78 is 0. The van der Waals surface area contributed by atoms with Crippen LogP contribution in [0.3, 0.4) is 0 Å². The Morgan fingerprint density at radius 2 is 1.44 bits per heavy atom. The SMILES string of the molecule is Cc1cc2c3c(c1)N1c4c(cccc4C4(C)CCCCC14C)B3c1ccccc1N2c1ccccc1. The number of nitrogens with zero attached hydrogens (tertiary/aromatic N) is 2. The van der Waals surface area contributed by atoms with E-state index in [9.17, 15) is 0 Å². The summed E-state index contributed by atoms with van der Waals surface area (Å²) in [6.45, 7) is 7.63. The van der Waals surface area contributed by atoms with E-state index in [0.29, 0.717) is 0 Å². The highest BCUT2D eigenvalue weighted by molar-refractivity contribution is 7.00. The van der Waals surface area contributed by atoms with Crippen LogP contribution in [0.25, 0.3) is 0 Å². The van der Waals surface area contributed by atoms with E-state index in [1.54, 1.807) is 5.56 Å². The van der Waals surface area contributed by atoms with E-state index in [1.807, 2.05) is 0 Å². The number of hydrogen-bond acceptors (Lipinski definition) is 2. The van der Waals surface area contributed by atoms with Gasteiger partial charge in [0.1, 0.15) is 0 Å². The molecule has 0 amide bonds. The largest absolute Gasteiger partial charge is 0.335 e. The van der Waals surface area contributed by atoms with Crippen molar-refractivity contribution in [1.29, 1.82) is 0 Å². The summed E-state index contributed by atoms with van der Waals surface area (Å²) in [5.74, 6) is 0. The van der Waals surface area contributed by atoms with Gasteiger partial charge in [-0.3, -0.25) is 0 Å². The molecule has 1 aliphatic carbocycles. The number of fused-ring (bicyclic) bond motifs is 7. The van der Waals surface area contributed by atoms with Crippen LogP contribution < -0.4 is 26.2 Å². The van der Waals surface area contributed by atoms with Crippen LogP contribution >= 0.6 is 0 Å². The predicted molar refractivity (Wildman–Crippen MR) is 153 cm³/mol. The van der Waals surface area contributed by atoms with E-state index in [2.05, 4.69) is 116 Å². The first-order valence-electron chi connectivity index (χ1n) is 13.6. The third-order valence-corrected chi connectivity index (χ3v) is 10.0. The highest BCUT2D eigenvalue weighted by atomic mass is 15.3. The van der Waals surface area contributed by atoms with Gasteiger partial charge in [0.2, 0.25) is 0 Å². The molecule has 8 rings (SSSR count). The molecular weight excluding hydrogens is 435 g/mol. The van der Waals surface area contributed by atoms with Crippen LogP contribution in [0.4, 0.5) is 28.4 Å². The summed E-state index contributed by atoms with van der Waals surface area (Å²) in [6, 6.07) is 32.1. The van der Waals surface area contributed by atoms with Crippen molar-refractivity contribution >= 4 is 51.5 Å². The van der Waals surface area contributed by atoms with Gasteiger partial charge in [0.15, 0.2) is 0 Å². The smallest absolute Gasteiger partial charge is 0.252 e. The van der Waals surface area contributed by atoms with Gasteiger partial charge in [-0.25, -0.2) is 0 Å². The van der Waals surface area contributed by atoms with Crippen LogP contribution in [0.15, 0.2) is 84.9 Å². The second kappa shape index (κ2) is 6.85. The lowest BCUT2D eigenvalue weighted by Crippen LogP contribution is -2.64. The van der Waals surface area contributed by atoms with Crippen LogP contribution in [-0.2, 0) is 5.41 Å². The molecule has 4 aromatic carbocycles. The lowest BCUT2D eigenvalue weighted by molar-refractivity contribution is 0.195. The lowest BCUT2D eigenvalue weighted by Gasteiger charge is -2.52. The van der Waals surface area contributed by atoms with Gasteiger partial charge >= 0.3 is 0 Å². The van der Waals surface area contributed by atoms with Gasteiger partial charge in [0.05, 0.1) is 5.54 Å². The van der Waals surface area contributed by atoms with E-state index < -0.39 is 0 Å². The highest BCUT2D eigenvalue weighted by Crippen LogP contribution is 2.61. The van der Waals surface area contributed by atoms with Gasteiger partial charge in [-0.15, -0.1) is 0 Å². The zero-order valence-corrected chi connectivity index (χ0v) is 21.4. The van der Waals surface area contributed by atoms with Gasteiger partial charge in [-0.1, -0.05) is 74.4 Å². The maximum atomic E-state index is 2.80. The molecular formula is C33H31BN2. The maximum absolute atomic E-state index is 2.80. The molecule has 3 aliphatic heterocycles. The first kappa shape index (κ1) is 20.7. The third kappa shape index (κ3) is 2.31. The van der Waals surface area contributed by atoms with Crippen LogP contribution in [0.5, 0.6) is 0 Å². The van der Waals surface area contributed by atoms with Crippen molar-refractivity contribution in [3.05, 3.63) is 96.1 Å². The van der Waals surface area contributed by atoms with E-state index in [0.717, 1.165) is 0 Å². The fraction of sp³-hybridized carbons (Fsp3) is 0.273. The second-order valence-electron chi connectivity index (χ2n) is 11.8. The van der Waals surface area contributed by atoms with E-state index in [4.69, 9.17) is 0 Å². The minimum absolute atomic E-state index is 0.0881. The molecule has 2 atom stereocenters. The topological polar surface area (TPSA) is 6.48 Å². The molecule has 0 aromatic heterocycles. The number of anilines is 5. The lowest BCUT2D eigenvalue weighted by atomic mass is 9.33. The molecule has 176 valence electrons. The number of rotatable bonds is 1. The molecule has 4 aliphatic rings. The molecule has 3 heteroatoms. The highest BCUT2D eigenvalue weighted by Gasteiger charge is 2.61. The fourth-order valence-electron chi connectivity index (χ4n) is 8.22. The third-order valence-electron chi connectivity index (χ3n) is 10.0. The molecule has 2 nitrogen and oxygen atoms in total. The number of benzene rings is 4. The standard InChI is InChI=1S/C33H31BN2/c1-22-20-28-30-29(21-22)36-31-24(32(2)18-9-10-19-33(32,36)3)14-11-16-26(31)34(30)25-15-7-8-17-27(25)35(28)23-12-5-4-6-13-23/h4-8,11-17,20-21H,9-10,18-19H2,1-3H3. The average molecular weight is 466 g/mol. The summed E-state index contributed by atoms with van der Waals surface area (Å²) in [5, 5.41) is 0. The number of para-hydroxylation sites is 3. The molecule has 0 spiro atoms. The molecule has 3 heterocycles. The van der Waals surface area contributed by atoms with Crippen molar-refractivity contribution in [2.24, 2.45) is 0 Å². The Balaban J connectivity index is 1.51. The summed E-state index contributed by atoms with van der Waals surface area (Å²) in [6.07, 6.45) is 5.14. The first-order valence-corrected chi connectivity index (χ1v) is 13.6. The van der Waals surface area contributed by atoms with Gasteiger partial charge in [-0.2, -0.15) is 0 Å². The monoisotopic (exact) mass is 466 g/mol. The molecule has 4 aromatic rings. The van der Waals surface area contributed by atoms with Crippen molar-refractivity contribution in [2.75, 3.05) is 9.80 Å². The normalized spacial score (nSPS) is 24.7. The van der Waals surface area contributed by atoms with Gasteiger partial charge in [0.25, 0.3) is 6.71 Å². The molecule has 1 fully saturated rings. The average Bonchev–Trinajstić information content (AvgIpc) is 3.11. The Bertz CT molecular complexity index is 1560. The Morgan fingerprint density at radius 3 is 2.31 bits per heavy atom. The van der Waals surface area contributed by atoms with Crippen LogP contribution in [0, 0.1) is 6.92 Å². The number of hydrogen-bond donors (Lipinski definition) is 0. The van der Waals surface area contributed by atoms with Gasteiger partial charge < -0.3 is 9.80 Å². The quantitative estimate of drug-likeness (QED) is 0.266. The molecule has 36 heavy (non-hydrogen) atoms. The summed E-state index contributed by atoms with van der Waals surface area (Å²) in [5.41, 5.74) is 14.3. The zero-order chi connectivity index (χ0) is 24.2. The molecule has 0 bridgehead atoms. The fourth-order valence-corrected chi connectivity index (χ4v) is 8.22. The Kier molecular flexibility index (Phi) is 3.94. The predicted octanol–water partition coefficient (Wildman–Crippen LogP) is 6.35. The molecule has 0 radical (unpaired) electrons. The molecule has 0 saturated heterocycles. The van der Waals surface area contributed by atoms with E-state index in [1.165, 1.54) is 76.1 Å². The van der Waals surface area contributed by atoms with Crippen molar-refractivity contribution in [3.8, 4) is 0 Å². The summed E-state index contributed by atoms with van der Waals surface area (Å²) in [4.78, 5) is 5.31. The van der Waals surface area contributed by atoms with Gasteiger partial charge in [0, 0.05) is 33.9 Å². The molecule has 1 saturated carbocycles. The van der Waals surface area contributed by atoms with Crippen molar-refractivity contribution in [3.63, 3.8) is 0 Å². The van der Waals surface area contributed by atoms with Crippen LogP contribution in [0.2, 0.25) is 0 Å². The molecule has 2 unspecified atom stereocenters. The number of aryl methyl sites for hydroxylation is 1.